The van der Waals surface area contributed by atoms with Crippen molar-refractivity contribution >= 4 is 23.2 Å². The summed E-state index contributed by atoms with van der Waals surface area (Å²) in [5.74, 6) is 2.10. The Kier molecular flexibility index (Phi) is 10.7. The van der Waals surface area contributed by atoms with Gasteiger partial charge in [-0.2, -0.15) is 5.10 Å². The number of benzene rings is 1. The molecule has 7 rings (SSSR count). The molecule has 1 saturated carbocycles. The largest absolute Gasteiger partial charge is 0.487 e. The zero-order chi connectivity index (χ0) is 32.7. The van der Waals surface area contributed by atoms with Gasteiger partial charge in [-0.1, -0.05) is 17.7 Å². The number of hydrogen-bond donors (Lipinski definition) is 1. The molecule has 48 heavy (non-hydrogen) atoms. The summed E-state index contributed by atoms with van der Waals surface area (Å²) in [5.41, 5.74) is 2.51. The Balaban J connectivity index is 1.03. The van der Waals surface area contributed by atoms with Gasteiger partial charge in [-0.15, -0.1) is 5.10 Å². The van der Waals surface area contributed by atoms with E-state index in [4.69, 9.17) is 35.6 Å². The van der Waals surface area contributed by atoms with Crippen LogP contribution in [0.25, 0.3) is 11.1 Å². The molecule has 2 saturated heterocycles. The molecule has 1 aromatic carbocycles. The lowest BCUT2D eigenvalue weighted by atomic mass is 9.90. The van der Waals surface area contributed by atoms with Crippen LogP contribution in [0.3, 0.4) is 0 Å². The molecule has 4 aromatic rings. The maximum Gasteiger partial charge on any atom is 0.256 e. The second-order valence-corrected chi connectivity index (χ2v) is 13.3. The van der Waals surface area contributed by atoms with E-state index in [1.807, 2.05) is 25.1 Å². The molecule has 3 aliphatic rings. The summed E-state index contributed by atoms with van der Waals surface area (Å²) < 4.78 is 27.4. The van der Waals surface area contributed by atoms with Crippen LogP contribution in [0.4, 0.5) is 11.6 Å². The summed E-state index contributed by atoms with van der Waals surface area (Å²) in [6.07, 6.45) is 15.1. The first-order chi connectivity index (χ1) is 23.6. The molecule has 3 fully saturated rings. The van der Waals surface area contributed by atoms with Gasteiger partial charge in [0.05, 0.1) is 43.6 Å². The van der Waals surface area contributed by atoms with Crippen molar-refractivity contribution < 1.29 is 18.9 Å². The average Bonchev–Trinajstić information content (AvgIpc) is 3.79. The van der Waals surface area contributed by atoms with E-state index in [-0.39, 0.29) is 6.10 Å². The van der Waals surface area contributed by atoms with Gasteiger partial charge in [-0.3, -0.25) is 9.58 Å². The fourth-order valence-corrected chi connectivity index (χ4v) is 6.94. The number of rotatable bonds is 12. The van der Waals surface area contributed by atoms with Gasteiger partial charge in [0.15, 0.2) is 0 Å². The molecule has 0 amide bonds. The van der Waals surface area contributed by atoms with Gasteiger partial charge in [-0.05, 0) is 69.1 Å². The Labute approximate surface area is 285 Å². The lowest BCUT2D eigenvalue weighted by Crippen LogP contribution is -2.45. The number of morpholine rings is 1. The van der Waals surface area contributed by atoms with Crippen LogP contribution >= 0.6 is 11.6 Å². The number of halogens is 1. The van der Waals surface area contributed by atoms with Gasteiger partial charge in [0, 0.05) is 50.3 Å². The number of aromatic nitrogens is 7. The van der Waals surface area contributed by atoms with E-state index in [1.165, 1.54) is 6.33 Å². The smallest absolute Gasteiger partial charge is 0.256 e. The third-order valence-corrected chi connectivity index (χ3v) is 9.81. The molecule has 5 heterocycles. The van der Waals surface area contributed by atoms with E-state index >= 15 is 0 Å². The van der Waals surface area contributed by atoms with Crippen LogP contribution in [-0.2, 0) is 16.0 Å². The fourth-order valence-electron chi connectivity index (χ4n) is 6.77. The highest BCUT2D eigenvalue weighted by Crippen LogP contribution is 2.36. The Hall–Kier alpha value is -3.78. The third kappa shape index (κ3) is 8.25. The standard InChI is InChI=1S/C34H44ClN9O4/c1-24(19-43-23-36-22-39-43)48-32-16-26(2-7-30(32)35)27-17-37-34(38-18-27)40-31-20-44(41-33(31)47-21-25-8-12-45-13-9-25)29-5-3-28(4-6-29)42-10-14-46-15-11-42/h2,7,16-18,20,22-25,28-29H,3-6,8-15,19,21H2,1H3,(H,37,38,40)/t24-,28-,29-/m0/s1. The predicted octanol–water partition coefficient (Wildman–Crippen LogP) is 5.42. The summed E-state index contributed by atoms with van der Waals surface area (Å²) in [4.78, 5) is 15.9. The van der Waals surface area contributed by atoms with Crippen LogP contribution in [-0.4, -0.2) is 97.7 Å². The first-order valence-corrected chi connectivity index (χ1v) is 17.4. The number of anilines is 2. The predicted molar refractivity (Wildman–Crippen MR) is 181 cm³/mol. The number of nitrogens with zero attached hydrogens (tertiary/aromatic N) is 8. The molecule has 3 aromatic heterocycles. The van der Waals surface area contributed by atoms with E-state index in [0.29, 0.717) is 53.8 Å². The molecule has 1 atom stereocenters. The van der Waals surface area contributed by atoms with Crippen LogP contribution in [0, 0.1) is 5.92 Å². The number of nitrogens with one attached hydrogen (secondary N) is 1. The normalized spacial score (nSPS) is 21.5. The Bertz CT molecular complexity index is 1580. The molecule has 0 unspecified atom stereocenters. The minimum atomic E-state index is -0.161. The molecule has 256 valence electrons. The van der Waals surface area contributed by atoms with Crippen molar-refractivity contribution in [1.29, 1.82) is 0 Å². The van der Waals surface area contributed by atoms with Gasteiger partial charge in [0.2, 0.25) is 5.95 Å². The van der Waals surface area contributed by atoms with Crippen LogP contribution < -0.4 is 14.8 Å². The quantitative estimate of drug-likeness (QED) is 0.207. The summed E-state index contributed by atoms with van der Waals surface area (Å²) >= 11 is 6.48. The maximum atomic E-state index is 6.48. The van der Waals surface area contributed by atoms with E-state index in [2.05, 4.69) is 41.1 Å². The molecular weight excluding hydrogens is 634 g/mol. The monoisotopic (exact) mass is 677 g/mol. The van der Waals surface area contributed by atoms with Gasteiger partial charge in [0.25, 0.3) is 5.88 Å². The Morgan fingerprint density at radius 3 is 2.46 bits per heavy atom. The number of hydrogen-bond acceptors (Lipinski definition) is 11. The number of ether oxygens (including phenoxy) is 4. The highest BCUT2D eigenvalue weighted by Gasteiger charge is 2.29. The minimum absolute atomic E-state index is 0.161. The Morgan fingerprint density at radius 1 is 0.958 bits per heavy atom. The van der Waals surface area contributed by atoms with E-state index in [0.717, 1.165) is 94.9 Å². The molecule has 0 bridgehead atoms. The van der Waals surface area contributed by atoms with E-state index in [1.54, 1.807) is 23.4 Å². The van der Waals surface area contributed by atoms with E-state index < -0.39 is 0 Å². The Morgan fingerprint density at radius 2 is 1.71 bits per heavy atom. The van der Waals surface area contributed by atoms with Crippen molar-refractivity contribution in [2.24, 2.45) is 5.92 Å². The lowest BCUT2D eigenvalue weighted by Gasteiger charge is -2.38. The fraction of sp³-hybridized carbons (Fsp3) is 0.559. The SMILES string of the molecule is C[C@@H](Cn1cncn1)Oc1cc(-c2cnc(Nc3cn([C@H]4CC[C@H](N5CCOCC5)CC4)nc3OCC3CCOCC3)nc2)ccc1Cl. The molecule has 0 spiro atoms. The van der Waals surface area contributed by atoms with Gasteiger partial charge < -0.3 is 24.3 Å². The average molecular weight is 678 g/mol. The van der Waals surface area contributed by atoms with Crippen molar-refractivity contribution in [3.63, 3.8) is 0 Å². The topological polar surface area (TPSA) is 126 Å². The van der Waals surface area contributed by atoms with Gasteiger partial charge in [0.1, 0.15) is 30.2 Å². The summed E-state index contributed by atoms with van der Waals surface area (Å²) in [5, 5.41) is 13.0. The second kappa shape index (κ2) is 15.6. The summed E-state index contributed by atoms with van der Waals surface area (Å²) in [7, 11) is 0. The first kappa shape index (κ1) is 32.8. The minimum Gasteiger partial charge on any atom is -0.487 e. The highest BCUT2D eigenvalue weighted by atomic mass is 35.5. The molecule has 14 heteroatoms. The van der Waals surface area contributed by atoms with Crippen molar-refractivity contribution in [1.82, 2.24) is 39.4 Å². The highest BCUT2D eigenvalue weighted by molar-refractivity contribution is 6.32. The zero-order valence-electron chi connectivity index (χ0n) is 27.4. The van der Waals surface area contributed by atoms with Crippen molar-refractivity contribution in [3.05, 3.63) is 54.5 Å². The molecule has 0 radical (unpaired) electrons. The van der Waals surface area contributed by atoms with Crippen LogP contribution in [0.15, 0.2) is 49.4 Å². The molecule has 13 nitrogen and oxygen atoms in total. The van der Waals surface area contributed by atoms with Crippen molar-refractivity contribution in [2.45, 2.75) is 70.2 Å². The van der Waals surface area contributed by atoms with E-state index in [9.17, 15) is 0 Å². The lowest BCUT2D eigenvalue weighted by molar-refractivity contribution is 0.00501. The van der Waals surface area contributed by atoms with Crippen LogP contribution in [0.1, 0.15) is 51.5 Å². The first-order valence-electron chi connectivity index (χ1n) is 17.1. The molecule has 1 N–H and O–H groups in total. The second-order valence-electron chi connectivity index (χ2n) is 12.9. The molecule has 1 aliphatic carbocycles. The summed E-state index contributed by atoms with van der Waals surface area (Å²) in [6, 6.07) is 6.62. The summed E-state index contributed by atoms with van der Waals surface area (Å²) in [6.45, 7) is 8.43. The van der Waals surface area contributed by atoms with Crippen molar-refractivity contribution in [3.8, 4) is 22.8 Å². The van der Waals surface area contributed by atoms with Gasteiger partial charge in [-0.25, -0.2) is 19.6 Å². The maximum absolute atomic E-state index is 6.48. The molecule has 2 aliphatic heterocycles. The zero-order valence-corrected chi connectivity index (χ0v) is 28.2. The van der Waals surface area contributed by atoms with Crippen LogP contribution in [0.5, 0.6) is 11.6 Å². The van der Waals surface area contributed by atoms with Crippen LogP contribution in [0.2, 0.25) is 5.02 Å². The van der Waals surface area contributed by atoms with Gasteiger partial charge >= 0.3 is 0 Å². The molecular formula is C34H44ClN9O4. The van der Waals surface area contributed by atoms with Crippen molar-refractivity contribution in [2.75, 3.05) is 51.4 Å². The third-order valence-electron chi connectivity index (χ3n) is 9.50.